The topological polar surface area (TPSA) is 47.6 Å². The predicted octanol–water partition coefficient (Wildman–Crippen LogP) is 6.07. The zero-order valence-corrected chi connectivity index (χ0v) is 18.0. The molecule has 1 N–H and O–H groups in total. The van der Waals surface area contributed by atoms with Gasteiger partial charge in [-0.2, -0.15) is 0 Å². The van der Waals surface area contributed by atoms with Gasteiger partial charge in [-0.3, -0.25) is 4.79 Å². The van der Waals surface area contributed by atoms with Crippen LogP contribution < -0.4 is 14.8 Å². The molecule has 4 nitrogen and oxygen atoms in total. The summed E-state index contributed by atoms with van der Waals surface area (Å²) >= 11 is 1.54. The quantitative estimate of drug-likeness (QED) is 0.521. The summed E-state index contributed by atoms with van der Waals surface area (Å²) in [6.45, 7) is 4.78. The Bertz CT molecular complexity index is 1080. The molecular weight excluding hydrogens is 401 g/mol. The van der Waals surface area contributed by atoms with Crippen molar-refractivity contribution in [2.24, 2.45) is 5.92 Å². The number of benzene rings is 2. The van der Waals surface area contributed by atoms with Gasteiger partial charge in [-0.05, 0) is 29.7 Å². The summed E-state index contributed by atoms with van der Waals surface area (Å²) in [5.41, 5.74) is 2.88. The molecule has 0 saturated carbocycles. The van der Waals surface area contributed by atoms with Crippen LogP contribution in [0.3, 0.4) is 0 Å². The van der Waals surface area contributed by atoms with Crippen molar-refractivity contribution >= 4 is 22.9 Å². The number of fused-ring (bicyclic) bond motifs is 1. The molecule has 156 valence electrons. The summed E-state index contributed by atoms with van der Waals surface area (Å²) < 4.78 is 25.8. The smallest absolute Gasteiger partial charge is 0.225 e. The molecule has 0 spiro atoms. The third kappa shape index (κ3) is 3.92. The normalized spacial score (nSPS) is 15.6. The molecular formula is C24H24FNO3S. The fraction of sp³-hybridized carbons (Fsp3) is 0.292. The maximum absolute atomic E-state index is 14.4. The monoisotopic (exact) mass is 425 g/mol. The van der Waals surface area contributed by atoms with Crippen LogP contribution >= 0.6 is 11.3 Å². The molecule has 3 aromatic rings. The van der Waals surface area contributed by atoms with E-state index in [2.05, 4.69) is 19.2 Å². The van der Waals surface area contributed by atoms with E-state index in [0.717, 1.165) is 16.0 Å². The molecule has 0 unspecified atom stereocenters. The minimum Gasteiger partial charge on any atom is -0.493 e. The predicted molar refractivity (Wildman–Crippen MR) is 118 cm³/mol. The van der Waals surface area contributed by atoms with E-state index in [1.54, 1.807) is 25.3 Å². The molecule has 1 amide bonds. The molecule has 4 rings (SSSR count). The van der Waals surface area contributed by atoms with Gasteiger partial charge in [0.25, 0.3) is 0 Å². The first-order valence-corrected chi connectivity index (χ1v) is 10.8. The average Bonchev–Trinajstić information content (AvgIpc) is 3.15. The number of ether oxygens (including phenoxy) is 2. The third-order valence-electron chi connectivity index (χ3n) is 5.12. The lowest BCUT2D eigenvalue weighted by Gasteiger charge is -2.25. The van der Waals surface area contributed by atoms with Crippen LogP contribution in [-0.4, -0.2) is 19.6 Å². The van der Waals surface area contributed by atoms with E-state index >= 15 is 0 Å². The van der Waals surface area contributed by atoms with Crippen LogP contribution in [-0.2, 0) is 4.79 Å². The first kappa shape index (κ1) is 20.4. The van der Waals surface area contributed by atoms with Crippen LogP contribution in [0.5, 0.6) is 11.5 Å². The number of carbonyl (C=O) groups is 1. The summed E-state index contributed by atoms with van der Waals surface area (Å²) in [5, 5.41) is 4.87. The molecule has 0 bridgehead atoms. The lowest BCUT2D eigenvalue weighted by Crippen LogP contribution is -2.22. The van der Waals surface area contributed by atoms with Gasteiger partial charge in [0.05, 0.1) is 19.4 Å². The van der Waals surface area contributed by atoms with Gasteiger partial charge in [-0.1, -0.05) is 38.1 Å². The molecule has 1 aliphatic heterocycles. The maximum atomic E-state index is 14.4. The summed E-state index contributed by atoms with van der Waals surface area (Å²) in [7, 11) is 1.61. The second kappa shape index (κ2) is 8.48. The number of anilines is 1. The Morgan fingerprint density at radius 3 is 2.70 bits per heavy atom. The molecule has 1 aliphatic rings. The van der Waals surface area contributed by atoms with Crippen LogP contribution in [0, 0.1) is 11.7 Å². The number of hydrogen-bond acceptors (Lipinski definition) is 4. The van der Waals surface area contributed by atoms with Crippen LogP contribution in [0.4, 0.5) is 10.1 Å². The van der Waals surface area contributed by atoms with Crippen molar-refractivity contribution < 1.29 is 18.7 Å². The second-order valence-electron chi connectivity index (χ2n) is 7.79. The number of methoxy groups -OCH3 is 1. The fourth-order valence-electron chi connectivity index (χ4n) is 3.65. The second-order valence-corrected chi connectivity index (χ2v) is 8.70. The van der Waals surface area contributed by atoms with Gasteiger partial charge in [0, 0.05) is 33.7 Å². The van der Waals surface area contributed by atoms with Crippen molar-refractivity contribution in [1.29, 1.82) is 0 Å². The van der Waals surface area contributed by atoms with Gasteiger partial charge in [-0.25, -0.2) is 4.39 Å². The first-order valence-electron chi connectivity index (χ1n) is 9.94. The molecule has 1 atom stereocenters. The molecule has 1 aromatic heterocycles. The molecule has 2 heterocycles. The molecule has 30 heavy (non-hydrogen) atoms. The zero-order chi connectivity index (χ0) is 21.3. The highest BCUT2D eigenvalue weighted by atomic mass is 32.1. The Hall–Kier alpha value is -2.86. The maximum Gasteiger partial charge on any atom is 0.225 e. The van der Waals surface area contributed by atoms with E-state index in [1.807, 2.05) is 23.6 Å². The summed E-state index contributed by atoms with van der Waals surface area (Å²) in [6.07, 6.45) is 0.333. The summed E-state index contributed by atoms with van der Waals surface area (Å²) in [5.74, 6) is 1.24. The summed E-state index contributed by atoms with van der Waals surface area (Å²) in [4.78, 5) is 13.5. The Kier molecular flexibility index (Phi) is 5.77. The Labute approximate surface area is 179 Å². The molecule has 6 heteroatoms. The van der Waals surface area contributed by atoms with Crippen LogP contribution in [0.25, 0.3) is 11.1 Å². The van der Waals surface area contributed by atoms with Crippen molar-refractivity contribution in [3.05, 3.63) is 64.1 Å². The standard InChI is InChI=1S/C24H24FNO3S/c1-14(2)12-29-20-9-8-15(10-21(20)28-3)17-11-22(27)26-23-18(13-30-24(17)23)16-6-4-5-7-19(16)25/h4-10,13-14,17H,11-12H2,1-3H3,(H,26,27)/t17-/m0/s1. The van der Waals surface area contributed by atoms with E-state index in [4.69, 9.17) is 9.47 Å². The molecule has 0 radical (unpaired) electrons. The van der Waals surface area contributed by atoms with Crippen LogP contribution in [0.1, 0.15) is 36.6 Å². The highest BCUT2D eigenvalue weighted by Gasteiger charge is 2.31. The van der Waals surface area contributed by atoms with E-state index in [0.29, 0.717) is 41.7 Å². The van der Waals surface area contributed by atoms with Gasteiger partial charge in [0.2, 0.25) is 5.91 Å². The highest BCUT2D eigenvalue weighted by molar-refractivity contribution is 7.11. The van der Waals surface area contributed by atoms with Crippen molar-refractivity contribution in [3.8, 4) is 22.6 Å². The average molecular weight is 426 g/mol. The van der Waals surface area contributed by atoms with Crippen molar-refractivity contribution in [3.63, 3.8) is 0 Å². The van der Waals surface area contributed by atoms with Gasteiger partial charge >= 0.3 is 0 Å². The third-order valence-corrected chi connectivity index (χ3v) is 6.21. The van der Waals surface area contributed by atoms with Gasteiger partial charge in [0.15, 0.2) is 11.5 Å². The van der Waals surface area contributed by atoms with E-state index in [-0.39, 0.29) is 17.6 Å². The minimum absolute atomic E-state index is 0.0809. The molecule has 2 aromatic carbocycles. The Balaban J connectivity index is 1.72. The number of thiophene rings is 1. The van der Waals surface area contributed by atoms with E-state index in [1.165, 1.54) is 17.4 Å². The number of amides is 1. The summed E-state index contributed by atoms with van der Waals surface area (Å²) in [6, 6.07) is 12.4. The first-order chi connectivity index (χ1) is 14.5. The van der Waals surface area contributed by atoms with Crippen LogP contribution in [0.15, 0.2) is 47.8 Å². The zero-order valence-electron chi connectivity index (χ0n) is 17.2. The fourth-order valence-corrected chi connectivity index (χ4v) is 4.80. The van der Waals surface area contributed by atoms with Crippen LogP contribution in [0.2, 0.25) is 0 Å². The highest BCUT2D eigenvalue weighted by Crippen LogP contribution is 2.48. The number of rotatable bonds is 6. The Morgan fingerprint density at radius 1 is 1.17 bits per heavy atom. The molecule has 0 saturated heterocycles. The van der Waals surface area contributed by atoms with Crippen molar-refractivity contribution in [2.75, 3.05) is 19.0 Å². The van der Waals surface area contributed by atoms with E-state index in [9.17, 15) is 9.18 Å². The Morgan fingerprint density at radius 2 is 1.97 bits per heavy atom. The molecule has 0 aliphatic carbocycles. The number of hydrogen-bond donors (Lipinski definition) is 1. The lowest BCUT2D eigenvalue weighted by molar-refractivity contribution is -0.116. The SMILES string of the molecule is COc1cc([C@@H]2CC(=O)Nc3c(-c4ccccc4F)csc32)ccc1OCC(C)C. The lowest BCUT2D eigenvalue weighted by atomic mass is 9.89. The number of carbonyl (C=O) groups excluding carboxylic acids is 1. The number of nitrogens with one attached hydrogen (secondary N) is 1. The van der Waals surface area contributed by atoms with Gasteiger partial charge < -0.3 is 14.8 Å². The minimum atomic E-state index is -0.303. The largest absolute Gasteiger partial charge is 0.493 e. The van der Waals surface area contributed by atoms with Crippen molar-refractivity contribution in [1.82, 2.24) is 0 Å². The number of halogens is 1. The van der Waals surface area contributed by atoms with E-state index < -0.39 is 0 Å². The van der Waals surface area contributed by atoms with Gasteiger partial charge in [-0.15, -0.1) is 11.3 Å². The van der Waals surface area contributed by atoms with Crippen molar-refractivity contribution in [2.45, 2.75) is 26.2 Å². The van der Waals surface area contributed by atoms with Gasteiger partial charge in [0.1, 0.15) is 5.82 Å². The molecule has 0 fully saturated rings.